The average molecular weight is 277 g/mol. The lowest BCUT2D eigenvalue weighted by molar-refractivity contribution is 0.169. The Kier molecular flexibility index (Phi) is 4.64. The molecule has 2 aliphatic rings. The number of hydrogen-bond donors (Lipinski definition) is 0. The summed E-state index contributed by atoms with van der Waals surface area (Å²) in [5.41, 5.74) is 0. The van der Waals surface area contributed by atoms with Crippen molar-refractivity contribution >= 4 is 0 Å². The Hall–Kier alpha value is -1.42. The van der Waals surface area contributed by atoms with Crippen molar-refractivity contribution in [2.75, 3.05) is 39.5 Å². The predicted molar refractivity (Wildman–Crippen MR) is 77.8 cm³/mol. The molecule has 2 heterocycles. The van der Waals surface area contributed by atoms with Gasteiger partial charge in [0.15, 0.2) is 11.5 Å². The molecule has 1 fully saturated rings. The quantitative estimate of drug-likeness (QED) is 0.846. The van der Waals surface area contributed by atoms with Crippen molar-refractivity contribution in [1.82, 2.24) is 4.90 Å². The molecule has 0 radical (unpaired) electrons. The van der Waals surface area contributed by atoms with E-state index in [2.05, 4.69) is 4.90 Å². The summed E-state index contributed by atoms with van der Waals surface area (Å²) in [5.74, 6) is 2.48. The lowest BCUT2D eigenvalue weighted by Crippen LogP contribution is -2.29. The summed E-state index contributed by atoms with van der Waals surface area (Å²) < 4.78 is 16.9. The van der Waals surface area contributed by atoms with Crippen LogP contribution in [0.4, 0.5) is 0 Å². The van der Waals surface area contributed by atoms with Gasteiger partial charge in [-0.05, 0) is 38.1 Å². The molecule has 110 valence electrons. The maximum Gasteiger partial charge on any atom is 0.165 e. The molecule has 1 aromatic carbocycles. The summed E-state index contributed by atoms with van der Waals surface area (Å²) in [7, 11) is 0. The van der Waals surface area contributed by atoms with E-state index in [1.807, 2.05) is 18.2 Å². The fourth-order valence-electron chi connectivity index (χ4n) is 2.77. The first-order chi connectivity index (χ1) is 9.92. The molecule has 0 bridgehead atoms. The number of fused-ring (bicyclic) bond motifs is 1. The summed E-state index contributed by atoms with van der Waals surface area (Å²) in [6, 6.07) is 5.81. The second-order valence-electron chi connectivity index (χ2n) is 5.41. The molecule has 0 N–H and O–H groups in total. The molecule has 3 rings (SSSR count). The highest BCUT2D eigenvalue weighted by Gasteiger charge is 2.13. The minimum Gasteiger partial charge on any atom is -0.492 e. The van der Waals surface area contributed by atoms with Crippen molar-refractivity contribution in [3.05, 3.63) is 18.2 Å². The van der Waals surface area contributed by atoms with Gasteiger partial charge in [-0.3, -0.25) is 4.90 Å². The van der Waals surface area contributed by atoms with Gasteiger partial charge in [0.2, 0.25) is 0 Å². The van der Waals surface area contributed by atoms with Crippen LogP contribution in [0.15, 0.2) is 18.2 Å². The van der Waals surface area contributed by atoms with Crippen molar-refractivity contribution < 1.29 is 14.2 Å². The maximum absolute atomic E-state index is 5.84. The largest absolute Gasteiger partial charge is 0.492 e. The Labute approximate surface area is 120 Å². The molecule has 4 nitrogen and oxygen atoms in total. The predicted octanol–water partition coefficient (Wildman–Crippen LogP) is 2.71. The topological polar surface area (TPSA) is 30.9 Å². The third-order valence-electron chi connectivity index (χ3n) is 3.89. The average Bonchev–Trinajstić information content (AvgIpc) is 2.76. The molecule has 0 amide bonds. The van der Waals surface area contributed by atoms with Crippen LogP contribution >= 0.6 is 0 Å². The highest BCUT2D eigenvalue weighted by atomic mass is 16.6. The smallest absolute Gasteiger partial charge is 0.165 e. The van der Waals surface area contributed by atoms with Crippen LogP contribution in [0.3, 0.4) is 0 Å². The van der Waals surface area contributed by atoms with Crippen molar-refractivity contribution in [2.24, 2.45) is 0 Å². The molecule has 0 atom stereocenters. The number of rotatable bonds is 4. The molecule has 4 heteroatoms. The van der Waals surface area contributed by atoms with E-state index in [-0.39, 0.29) is 0 Å². The molecule has 1 saturated heterocycles. The second kappa shape index (κ2) is 6.84. The van der Waals surface area contributed by atoms with Gasteiger partial charge in [-0.15, -0.1) is 0 Å². The molecule has 20 heavy (non-hydrogen) atoms. The number of likely N-dealkylation sites (tertiary alicyclic amines) is 1. The Morgan fingerprint density at radius 3 is 2.50 bits per heavy atom. The van der Waals surface area contributed by atoms with Gasteiger partial charge in [0, 0.05) is 12.6 Å². The van der Waals surface area contributed by atoms with Gasteiger partial charge < -0.3 is 14.2 Å². The van der Waals surface area contributed by atoms with Crippen molar-refractivity contribution in [2.45, 2.75) is 25.7 Å². The van der Waals surface area contributed by atoms with Crippen LogP contribution in [0.5, 0.6) is 17.2 Å². The first kappa shape index (κ1) is 13.6. The fourth-order valence-corrected chi connectivity index (χ4v) is 2.77. The van der Waals surface area contributed by atoms with E-state index in [1.165, 1.54) is 38.8 Å². The van der Waals surface area contributed by atoms with Crippen LogP contribution in [-0.2, 0) is 0 Å². The van der Waals surface area contributed by atoms with Crippen molar-refractivity contribution in [3.63, 3.8) is 0 Å². The SMILES string of the molecule is c1cc2c(cc1OCCN1CCCCCC1)OCCO2. The zero-order chi connectivity index (χ0) is 13.6. The van der Waals surface area contributed by atoms with Crippen LogP contribution in [0.1, 0.15) is 25.7 Å². The summed E-state index contributed by atoms with van der Waals surface area (Å²) in [4.78, 5) is 2.50. The fraction of sp³-hybridized carbons (Fsp3) is 0.625. The zero-order valence-electron chi connectivity index (χ0n) is 12.0. The Morgan fingerprint density at radius 2 is 1.70 bits per heavy atom. The molecule has 0 spiro atoms. The van der Waals surface area contributed by atoms with Gasteiger partial charge in [0.05, 0.1) is 0 Å². The molecule has 0 saturated carbocycles. The number of ether oxygens (including phenoxy) is 3. The lowest BCUT2D eigenvalue weighted by Gasteiger charge is -2.21. The summed E-state index contributed by atoms with van der Waals surface area (Å²) in [6.45, 7) is 5.41. The van der Waals surface area contributed by atoms with E-state index in [0.717, 1.165) is 30.4 Å². The van der Waals surface area contributed by atoms with Crippen LogP contribution in [0, 0.1) is 0 Å². The van der Waals surface area contributed by atoms with E-state index in [4.69, 9.17) is 14.2 Å². The Morgan fingerprint density at radius 1 is 0.950 bits per heavy atom. The molecule has 1 aromatic rings. The van der Waals surface area contributed by atoms with E-state index in [1.54, 1.807) is 0 Å². The molecule has 0 unspecified atom stereocenters. The minimum atomic E-state index is 0.615. The standard InChI is InChI=1S/C16H23NO3/c1-2-4-8-17(7-3-1)9-10-18-14-5-6-15-16(13-14)20-12-11-19-15/h5-6,13H,1-4,7-12H2. The van der Waals surface area contributed by atoms with E-state index in [0.29, 0.717) is 13.2 Å². The van der Waals surface area contributed by atoms with E-state index >= 15 is 0 Å². The van der Waals surface area contributed by atoms with Crippen LogP contribution in [-0.4, -0.2) is 44.4 Å². The van der Waals surface area contributed by atoms with Crippen molar-refractivity contribution in [1.29, 1.82) is 0 Å². The summed E-state index contributed by atoms with van der Waals surface area (Å²) in [5, 5.41) is 0. The van der Waals surface area contributed by atoms with Crippen LogP contribution in [0.2, 0.25) is 0 Å². The third-order valence-corrected chi connectivity index (χ3v) is 3.89. The first-order valence-electron chi connectivity index (χ1n) is 7.67. The van der Waals surface area contributed by atoms with Gasteiger partial charge in [0.1, 0.15) is 25.6 Å². The monoisotopic (exact) mass is 277 g/mol. The number of nitrogens with zero attached hydrogens (tertiary/aromatic N) is 1. The molecular weight excluding hydrogens is 254 g/mol. The van der Waals surface area contributed by atoms with Gasteiger partial charge >= 0.3 is 0 Å². The number of hydrogen-bond acceptors (Lipinski definition) is 4. The molecule has 2 aliphatic heterocycles. The Bertz CT molecular complexity index is 428. The van der Waals surface area contributed by atoms with Gasteiger partial charge in [0.25, 0.3) is 0 Å². The van der Waals surface area contributed by atoms with Crippen LogP contribution < -0.4 is 14.2 Å². The highest BCUT2D eigenvalue weighted by molar-refractivity contribution is 5.46. The molecule has 0 aliphatic carbocycles. The second-order valence-corrected chi connectivity index (χ2v) is 5.41. The first-order valence-corrected chi connectivity index (χ1v) is 7.67. The normalized spacial score (nSPS) is 19.4. The van der Waals surface area contributed by atoms with Crippen molar-refractivity contribution in [3.8, 4) is 17.2 Å². The molecular formula is C16H23NO3. The Balaban J connectivity index is 1.48. The van der Waals surface area contributed by atoms with E-state index < -0.39 is 0 Å². The highest BCUT2D eigenvalue weighted by Crippen LogP contribution is 2.33. The third kappa shape index (κ3) is 3.57. The van der Waals surface area contributed by atoms with Gasteiger partial charge in [-0.1, -0.05) is 12.8 Å². The lowest BCUT2D eigenvalue weighted by atomic mass is 10.2. The van der Waals surface area contributed by atoms with Gasteiger partial charge in [-0.25, -0.2) is 0 Å². The van der Waals surface area contributed by atoms with Gasteiger partial charge in [-0.2, -0.15) is 0 Å². The summed E-state index contributed by atoms with van der Waals surface area (Å²) >= 11 is 0. The summed E-state index contributed by atoms with van der Waals surface area (Å²) in [6.07, 6.45) is 5.40. The minimum absolute atomic E-state index is 0.615. The molecule has 0 aromatic heterocycles. The maximum atomic E-state index is 5.84. The number of benzene rings is 1. The zero-order valence-corrected chi connectivity index (χ0v) is 12.0. The van der Waals surface area contributed by atoms with E-state index in [9.17, 15) is 0 Å². The van der Waals surface area contributed by atoms with Crippen LogP contribution in [0.25, 0.3) is 0 Å².